The third-order valence-corrected chi connectivity index (χ3v) is 13.5. The highest BCUT2D eigenvalue weighted by Crippen LogP contribution is 2.23. The van der Waals surface area contributed by atoms with E-state index in [2.05, 4.69) is 36.5 Å². The average molecular weight is 1130 g/mol. The van der Waals surface area contributed by atoms with Gasteiger partial charge in [-0.3, -0.25) is 48.4 Å². The molecule has 444 valence electrons. The van der Waals surface area contributed by atoms with Crippen LogP contribution >= 0.6 is 0 Å². The third kappa shape index (κ3) is 26.4. The molecule has 2 aromatic rings. The molecular weight excluding hydrogens is 1050 g/mol. The number of aliphatic carboxylic acids is 7. The minimum Gasteiger partial charge on any atom is -0.481 e. The summed E-state index contributed by atoms with van der Waals surface area (Å²) >= 11 is 0. The van der Waals surface area contributed by atoms with Gasteiger partial charge in [0.1, 0.15) is 12.1 Å². The molecule has 1 aromatic carbocycles. The molecule has 0 radical (unpaired) electrons. The zero-order chi connectivity index (χ0) is 58.4. The van der Waals surface area contributed by atoms with Gasteiger partial charge in [-0.15, -0.1) is 0 Å². The van der Waals surface area contributed by atoms with E-state index >= 15 is 0 Å². The van der Waals surface area contributed by atoms with Crippen molar-refractivity contribution in [1.82, 2.24) is 50.5 Å². The summed E-state index contributed by atoms with van der Waals surface area (Å²) in [4.78, 5) is 129. The number of carbonyl (C=O) groups excluding carboxylic acids is 2. The Bertz CT molecular complexity index is 2350. The van der Waals surface area contributed by atoms with Crippen LogP contribution in [0.15, 0.2) is 24.3 Å². The predicted octanol–water partition coefficient (Wildman–Crippen LogP) is 1.19. The number of rotatable bonds is 34. The van der Waals surface area contributed by atoms with Crippen molar-refractivity contribution >= 4 is 77.3 Å². The molecule has 3 amide bonds. The van der Waals surface area contributed by atoms with Crippen LogP contribution in [0.2, 0.25) is 0 Å². The van der Waals surface area contributed by atoms with Gasteiger partial charge in [-0.1, -0.05) is 31.4 Å². The number of carboxylic acids is 7. The van der Waals surface area contributed by atoms with Crippen LogP contribution in [0.4, 0.5) is 28.3 Å². The lowest BCUT2D eigenvalue weighted by atomic mass is 10.0. The summed E-state index contributed by atoms with van der Waals surface area (Å²) in [5.41, 5.74) is 1.48. The first-order chi connectivity index (χ1) is 38.2. The molecule has 2 aliphatic heterocycles. The monoisotopic (exact) mass is 1130 g/mol. The van der Waals surface area contributed by atoms with Crippen LogP contribution in [0.3, 0.4) is 0 Å². The molecule has 2 saturated heterocycles. The molecule has 4 rings (SSSR count). The fourth-order valence-electron chi connectivity index (χ4n) is 9.29. The average Bonchev–Trinajstić information content (AvgIpc) is 3.41. The zero-order valence-electron chi connectivity index (χ0n) is 45.1. The van der Waals surface area contributed by atoms with Gasteiger partial charge in [-0.05, 0) is 81.9 Å². The number of amides is 3. The second kappa shape index (κ2) is 35.2. The van der Waals surface area contributed by atoms with Crippen LogP contribution in [-0.2, 0) is 44.8 Å². The van der Waals surface area contributed by atoms with Gasteiger partial charge in [-0.25, -0.2) is 14.4 Å². The van der Waals surface area contributed by atoms with E-state index in [1.54, 1.807) is 19.6 Å². The minimum atomic E-state index is -1.51. The van der Waals surface area contributed by atoms with E-state index in [1.807, 2.05) is 24.3 Å². The number of urea groups is 1. The van der Waals surface area contributed by atoms with Crippen LogP contribution in [0.25, 0.3) is 0 Å². The molecule has 3 unspecified atom stereocenters. The minimum absolute atomic E-state index is 0.0210. The lowest BCUT2D eigenvalue weighted by molar-refractivity contribution is -0.142. The van der Waals surface area contributed by atoms with E-state index in [9.17, 15) is 73.8 Å². The summed E-state index contributed by atoms with van der Waals surface area (Å²) in [5.74, 6) is -7.27. The van der Waals surface area contributed by atoms with Crippen LogP contribution in [0.1, 0.15) is 95.5 Å². The van der Waals surface area contributed by atoms with Gasteiger partial charge in [-0.2, -0.15) is 15.0 Å². The van der Waals surface area contributed by atoms with Gasteiger partial charge >= 0.3 is 47.8 Å². The molecule has 0 saturated carbocycles. The molecule has 0 bridgehead atoms. The Morgan fingerprint density at radius 3 is 1.66 bits per heavy atom. The predicted molar refractivity (Wildman–Crippen MR) is 289 cm³/mol. The Kier molecular flexibility index (Phi) is 28.6. The van der Waals surface area contributed by atoms with E-state index in [0.717, 1.165) is 63.6 Å². The van der Waals surface area contributed by atoms with Gasteiger partial charge in [0.15, 0.2) is 0 Å². The maximum Gasteiger partial charge on any atom is 0.326 e. The van der Waals surface area contributed by atoms with E-state index in [-0.39, 0.29) is 90.7 Å². The number of anilines is 4. The molecule has 12 N–H and O–H groups in total. The Morgan fingerprint density at radius 1 is 0.525 bits per heavy atom. The summed E-state index contributed by atoms with van der Waals surface area (Å²) in [5, 5.41) is 80.3. The van der Waals surface area contributed by atoms with E-state index < -0.39 is 72.4 Å². The highest BCUT2D eigenvalue weighted by Gasteiger charge is 2.29. The SMILES string of the molecule is O=C(O)CCC(NC(=O)NC(CCCCNC(=O)CCCCCCCNc1nc(Nc2ccc(CC3CN(CC(=O)O)CCN(CC(=O)O)CCN(CC(=O)O)CCN3CC(=O)O)cc2)nc(N2CCCCC2)n1)C(=O)O)C(=O)O. The van der Waals surface area contributed by atoms with E-state index in [1.165, 1.54) is 0 Å². The normalized spacial score (nSPS) is 16.9. The molecule has 1 aromatic heterocycles. The molecule has 2 fully saturated rings. The zero-order valence-corrected chi connectivity index (χ0v) is 45.1. The summed E-state index contributed by atoms with van der Waals surface area (Å²) in [6, 6.07) is 3.02. The lowest BCUT2D eigenvalue weighted by Crippen LogP contribution is -2.53. The molecule has 80 heavy (non-hydrogen) atoms. The first-order valence-corrected chi connectivity index (χ1v) is 27.1. The van der Waals surface area contributed by atoms with Crippen molar-refractivity contribution in [1.29, 1.82) is 0 Å². The number of nitrogens with one attached hydrogen (secondary N) is 5. The van der Waals surface area contributed by atoms with Gasteiger partial charge in [0.2, 0.25) is 23.8 Å². The highest BCUT2D eigenvalue weighted by atomic mass is 16.4. The van der Waals surface area contributed by atoms with E-state index in [4.69, 9.17) is 15.1 Å². The largest absolute Gasteiger partial charge is 0.481 e. The van der Waals surface area contributed by atoms with Crippen molar-refractivity contribution < 1.29 is 78.9 Å². The number of piperidine rings is 1. The van der Waals surface area contributed by atoms with E-state index in [0.29, 0.717) is 68.7 Å². The van der Waals surface area contributed by atoms with Crippen molar-refractivity contribution in [2.75, 3.05) is 114 Å². The second-order valence-corrected chi connectivity index (χ2v) is 20.0. The van der Waals surface area contributed by atoms with Crippen molar-refractivity contribution in [3.05, 3.63) is 29.8 Å². The molecule has 0 spiro atoms. The van der Waals surface area contributed by atoms with Crippen molar-refractivity contribution in [3.63, 3.8) is 0 Å². The molecule has 29 heteroatoms. The number of carbonyl (C=O) groups is 9. The maximum absolute atomic E-state index is 12.4. The summed E-state index contributed by atoms with van der Waals surface area (Å²) in [6.07, 6.45) is 7.73. The van der Waals surface area contributed by atoms with Crippen LogP contribution in [-0.4, -0.2) is 240 Å². The Hall–Kier alpha value is -7.50. The van der Waals surface area contributed by atoms with Gasteiger partial charge in [0.05, 0.1) is 26.2 Å². The number of aromatic nitrogens is 3. The molecule has 29 nitrogen and oxygen atoms in total. The van der Waals surface area contributed by atoms with Crippen LogP contribution in [0.5, 0.6) is 0 Å². The number of unbranched alkanes of at least 4 members (excludes halogenated alkanes) is 5. The highest BCUT2D eigenvalue weighted by molar-refractivity contribution is 5.86. The number of nitrogens with zero attached hydrogens (tertiary/aromatic N) is 8. The smallest absolute Gasteiger partial charge is 0.326 e. The van der Waals surface area contributed by atoms with Crippen LogP contribution < -0.4 is 31.5 Å². The summed E-state index contributed by atoms with van der Waals surface area (Å²) in [7, 11) is 0. The number of carboxylic acid groups (broad SMARTS) is 7. The maximum atomic E-state index is 12.4. The molecule has 3 atom stereocenters. The topological polar surface area (TPSA) is 410 Å². The second-order valence-electron chi connectivity index (χ2n) is 20.0. The molecule has 2 aliphatic rings. The third-order valence-electron chi connectivity index (χ3n) is 13.5. The fourth-order valence-corrected chi connectivity index (χ4v) is 9.29. The Labute approximate surface area is 463 Å². The van der Waals surface area contributed by atoms with Crippen molar-refractivity contribution in [2.24, 2.45) is 0 Å². The number of benzene rings is 1. The summed E-state index contributed by atoms with van der Waals surface area (Å²) < 4.78 is 0. The number of hydrogen-bond donors (Lipinski definition) is 12. The number of hydrogen-bond acceptors (Lipinski definition) is 19. The Balaban J connectivity index is 1.28. The Morgan fingerprint density at radius 2 is 1.06 bits per heavy atom. The first kappa shape index (κ1) is 65.0. The standard InChI is InChI=1S/C51H79N13O16/c65-40(52-19-8-6-11-38(46(76)77)55-51(80)56-39(47(78)79)17-18-41(66)67)12-5-2-1-3-7-20-53-48-57-49(59-50(58-48)63-21-9-4-10-22-63)54-36-15-13-35(14-16-36)29-37-30-62(33-44(72)73)26-25-60(31-42(68)69)23-24-61(32-43(70)71)27-28-64(37)34-45(74)75/h13-16,37-39H,1-12,17-34H2,(H,52,65)(H,66,67)(H,68,69)(H,70,71)(H,72,73)(H,74,75)(H,76,77)(H,78,79)(H2,55,56,80)(H2,53,54,57,58,59). The summed E-state index contributed by atoms with van der Waals surface area (Å²) in [6.45, 7) is 2.34. The van der Waals surface area contributed by atoms with Crippen molar-refractivity contribution in [2.45, 2.75) is 114 Å². The van der Waals surface area contributed by atoms with Gasteiger partial charge in [0.25, 0.3) is 0 Å². The lowest BCUT2D eigenvalue weighted by Gasteiger charge is -2.37. The first-order valence-electron chi connectivity index (χ1n) is 27.1. The van der Waals surface area contributed by atoms with Crippen molar-refractivity contribution in [3.8, 4) is 0 Å². The fraction of sp³-hybridized carbons (Fsp3) is 0.647. The quantitative estimate of drug-likeness (QED) is 0.0438. The molecule has 3 heterocycles. The van der Waals surface area contributed by atoms with Gasteiger partial charge < -0.3 is 67.2 Å². The van der Waals surface area contributed by atoms with Crippen LogP contribution in [0, 0.1) is 0 Å². The molecule has 0 aliphatic carbocycles. The van der Waals surface area contributed by atoms with Gasteiger partial charge in [0, 0.05) is 96.6 Å². The molecular formula is C51H79N13O16.